The van der Waals surface area contributed by atoms with Crippen LogP contribution in [0.1, 0.15) is 6.42 Å². The summed E-state index contributed by atoms with van der Waals surface area (Å²) in [6, 6.07) is 13.4. The van der Waals surface area contributed by atoms with Crippen LogP contribution in [0.2, 0.25) is 5.02 Å². The Morgan fingerprint density at radius 2 is 1.79 bits per heavy atom. The molecule has 0 unspecified atom stereocenters. The first-order chi connectivity index (χ1) is 13.3. The molecule has 2 aromatic carbocycles. The number of carbonyl (C=O) groups is 1. The molecule has 0 aliphatic carbocycles. The highest BCUT2D eigenvalue weighted by atomic mass is 35.5. The monoisotopic (exact) mass is 437 g/mol. The fourth-order valence-electron chi connectivity index (χ4n) is 2.21. The number of hydrogen-bond donors (Lipinski definition) is 1. The van der Waals surface area contributed by atoms with Gasteiger partial charge in [-0.3, -0.25) is 10.1 Å². The summed E-state index contributed by atoms with van der Waals surface area (Å²) in [5.41, 5.74) is 0.554. The normalized spacial score (nSPS) is 11.4. The van der Waals surface area contributed by atoms with Crippen LogP contribution in [-0.2, 0) is 14.6 Å². The first kappa shape index (κ1) is 20.4. The first-order valence-electron chi connectivity index (χ1n) is 8.13. The quantitative estimate of drug-likeness (QED) is 0.559. The Morgan fingerprint density at radius 3 is 2.43 bits per heavy atom. The highest BCUT2D eigenvalue weighted by Crippen LogP contribution is 2.23. The number of anilines is 1. The highest BCUT2D eigenvalue weighted by Gasteiger charge is 2.13. The summed E-state index contributed by atoms with van der Waals surface area (Å²) in [6.45, 7) is 0. The van der Waals surface area contributed by atoms with Crippen molar-refractivity contribution in [2.75, 3.05) is 17.3 Å². The lowest BCUT2D eigenvalue weighted by atomic mass is 10.2. The minimum atomic E-state index is -3.28. The number of aromatic nitrogens is 2. The van der Waals surface area contributed by atoms with Crippen LogP contribution in [0.5, 0.6) is 0 Å². The standard InChI is InChI=1S/C18H16ClN3O4S2/c1-28(24,25)15-8-2-12(3-9-15)17-21-22-18(26-17)20-16(23)10-11-27-14-6-4-13(19)5-7-14/h2-9H,10-11H2,1H3,(H,20,22,23). The van der Waals surface area contributed by atoms with Gasteiger partial charge >= 0.3 is 6.01 Å². The zero-order valence-corrected chi connectivity index (χ0v) is 17.1. The molecule has 0 radical (unpaired) electrons. The van der Waals surface area contributed by atoms with Crippen molar-refractivity contribution in [1.29, 1.82) is 0 Å². The van der Waals surface area contributed by atoms with Gasteiger partial charge in [-0.15, -0.1) is 16.9 Å². The second-order valence-corrected chi connectivity index (χ2v) is 9.43. The molecule has 0 spiro atoms. The number of thioether (sulfide) groups is 1. The van der Waals surface area contributed by atoms with Gasteiger partial charge in [-0.2, -0.15) is 0 Å². The average molecular weight is 438 g/mol. The number of benzene rings is 2. The summed E-state index contributed by atoms with van der Waals surface area (Å²) in [4.78, 5) is 13.2. The van der Waals surface area contributed by atoms with Crippen molar-refractivity contribution in [2.24, 2.45) is 0 Å². The smallest absolute Gasteiger partial charge is 0.322 e. The summed E-state index contributed by atoms with van der Waals surface area (Å²) in [6.07, 6.45) is 1.40. The molecule has 10 heteroatoms. The maximum absolute atomic E-state index is 12.0. The van der Waals surface area contributed by atoms with E-state index in [9.17, 15) is 13.2 Å². The Hall–Kier alpha value is -2.36. The van der Waals surface area contributed by atoms with Crippen LogP contribution in [-0.4, -0.2) is 36.5 Å². The molecular weight excluding hydrogens is 422 g/mol. The largest absolute Gasteiger partial charge is 0.403 e. The van der Waals surface area contributed by atoms with E-state index < -0.39 is 9.84 Å². The van der Waals surface area contributed by atoms with Crippen molar-refractivity contribution in [2.45, 2.75) is 16.2 Å². The molecule has 1 aromatic heterocycles. The molecule has 1 N–H and O–H groups in total. The summed E-state index contributed by atoms with van der Waals surface area (Å²) < 4.78 is 28.4. The van der Waals surface area contributed by atoms with Gasteiger partial charge in [-0.25, -0.2) is 8.42 Å². The van der Waals surface area contributed by atoms with E-state index >= 15 is 0 Å². The second-order valence-electron chi connectivity index (χ2n) is 5.81. The maximum Gasteiger partial charge on any atom is 0.322 e. The third kappa shape index (κ3) is 5.57. The molecule has 0 saturated carbocycles. The van der Waals surface area contributed by atoms with E-state index in [1.54, 1.807) is 24.3 Å². The van der Waals surface area contributed by atoms with E-state index in [2.05, 4.69) is 15.5 Å². The van der Waals surface area contributed by atoms with Crippen LogP contribution >= 0.6 is 23.4 Å². The number of nitrogens with one attached hydrogen (secondary N) is 1. The van der Waals surface area contributed by atoms with Crippen LogP contribution in [0.25, 0.3) is 11.5 Å². The lowest BCUT2D eigenvalue weighted by Gasteiger charge is -2.02. The minimum absolute atomic E-state index is 0.0105. The molecule has 0 saturated heterocycles. The van der Waals surface area contributed by atoms with Crippen LogP contribution in [0.3, 0.4) is 0 Å². The lowest BCUT2D eigenvalue weighted by molar-refractivity contribution is -0.115. The van der Waals surface area contributed by atoms with Crippen LogP contribution in [0, 0.1) is 0 Å². The second kappa shape index (κ2) is 8.76. The molecule has 7 nitrogen and oxygen atoms in total. The number of hydrogen-bond acceptors (Lipinski definition) is 7. The molecular formula is C18H16ClN3O4S2. The Labute approximate surface area is 171 Å². The van der Waals surface area contributed by atoms with E-state index in [-0.39, 0.29) is 29.1 Å². The number of rotatable bonds is 7. The van der Waals surface area contributed by atoms with Gasteiger partial charge in [-0.05, 0) is 48.5 Å². The summed E-state index contributed by atoms with van der Waals surface area (Å²) in [5, 5.41) is 10.9. The fourth-order valence-corrected chi connectivity index (χ4v) is 3.82. The van der Waals surface area contributed by atoms with Gasteiger partial charge in [0.15, 0.2) is 9.84 Å². The van der Waals surface area contributed by atoms with E-state index in [0.717, 1.165) is 11.2 Å². The zero-order chi connectivity index (χ0) is 20.1. The summed E-state index contributed by atoms with van der Waals surface area (Å²) in [5.74, 6) is 0.525. The molecule has 1 heterocycles. The van der Waals surface area contributed by atoms with Crippen molar-refractivity contribution in [3.05, 3.63) is 53.6 Å². The van der Waals surface area contributed by atoms with Crippen molar-refractivity contribution in [3.63, 3.8) is 0 Å². The number of carbonyl (C=O) groups excluding carboxylic acids is 1. The van der Waals surface area contributed by atoms with Gasteiger partial charge < -0.3 is 4.42 Å². The summed E-state index contributed by atoms with van der Waals surface area (Å²) in [7, 11) is -3.28. The van der Waals surface area contributed by atoms with Crippen molar-refractivity contribution < 1.29 is 17.6 Å². The molecule has 0 aliphatic rings. The van der Waals surface area contributed by atoms with Gasteiger partial charge in [0.05, 0.1) is 4.90 Å². The third-order valence-electron chi connectivity index (χ3n) is 3.61. The highest BCUT2D eigenvalue weighted by molar-refractivity contribution is 7.99. The molecule has 3 rings (SSSR count). The number of nitrogens with zero attached hydrogens (tertiary/aromatic N) is 2. The third-order valence-corrected chi connectivity index (χ3v) is 6.01. The predicted molar refractivity (Wildman–Crippen MR) is 108 cm³/mol. The Morgan fingerprint density at radius 1 is 1.11 bits per heavy atom. The van der Waals surface area contributed by atoms with Gasteiger partial charge in [-0.1, -0.05) is 16.7 Å². The van der Waals surface area contributed by atoms with Gasteiger partial charge in [0.2, 0.25) is 11.8 Å². The molecule has 0 atom stereocenters. The van der Waals surface area contributed by atoms with Crippen LogP contribution < -0.4 is 5.32 Å². The zero-order valence-electron chi connectivity index (χ0n) is 14.8. The molecule has 0 bridgehead atoms. The van der Waals surface area contributed by atoms with Gasteiger partial charge in [0, 0.05) is 33.9 Å². The molecule has 0 aliphatic heterocycles. The molecule has 146 valence electrons. The van der Waals surface area contributed by atoms with Crippen LogP contribution in [0.4, 0.5) is 6.01 Å². The molecule has 0 fully saturated rings. The predicted octanol–water partition coefficient (Wildman–Crippen LogP) is 3.91. The lowest BCUT2D eigenvalue weighted by Crippen LogP contribution is -2.12. The van der Waals surface area contributed by atoms with E-state index in [0.29, 0.717) is 16.3 Å². The SMILES string of the molecule is CS(=O)(=O)c1ccc(-c2nnc(NC(=O)CCSc3ccc(Cl)cc3)o2)cc1. The number of sulfone groups is 1. The Balaban J connectivity index is 1.53. The van der Waals surface area contributed by atoms with Crippen molar-refractivity contribution in [3.8, 4) is 11.5 Å². The molecule has 1 amide bonds. The van der Waals surface area contributed by atoms with Crippen molar-refractivity contribution >= 4 is 45.1 Å². The fraction of sp³-hybridized carbons (Fsp3) is 0.167. The van der Waals surface area contributed by atoms with E-state index in [1.165, 1.54) is 23.9 Å². The van der Waals surface area contributed by atoms with Gasteiger partial charge in [0.1, 0.15) is 0 Å². The van der Waals surface area contributed by atoms with Crippen LogP contribution in [0.15, 0.2) is 62.7 Å². The number of amides is 1. The van der Waals surface area contributed by atoms with Crippen molar-refractivity contribution in [1.82, 2.24) is 10.2 Å². The Bertz CT molecular complexity index is 1060. The maximum atomic E-state index is 12.0. The average Bonchev–Trinajstić information content (AvgIpc) is 3.11. The first-order valence-corrected chi connectivity index (χ1v) is 11.4. The van der Waals surface area contributed by atoms with E-state index in [1.807, 2.05) is 12.1 Å². The number of halogens is 1. The molecule has 28 heavy (non-hydrogen) atoms. The summed E-state index contributed by atoms with van der Waals surface area (Å²) >= 11 is 7.38. The van der Waals surface area contributed by atoms with E-state index in [4.69, 9.17) is 16.0 Å². The Kier molecular flexibility index (Phi) is 6.38. The molecule has 3 aromatic rings. The topological polar surface area (TPSA) is 102 Å². The minimum Gasteiger partial charge on any atom is -0.403 e. The van der Waals surface area contributed by atoms with Gasteiger partial charge in [0.25, 0.3) is 0 Å².